The molecule has 16 heteroatoms. The van der Waals surface area contributed by atoms with Crippen molar-refractivity contribution < 1.29 is 38.8 Å². The first-order valence-corrected chi connectivity index (χ1v) is 15.8. The minimum atomic E-state index is -1.98. The van der Waals surface area contributed by atoms with Crippen molar-refractivity contribution in [1.29, 1.82) is 0 Å². The van der Waals surface area contributed by atoms with Crippen molar-refractivity contribution in [3.8, 4) is 0 Å². The van der Waals surface area contributed by atoms with Crippen LogP contribution in [0.5, 0.6) is 0 Å². The molecule has 2 amide bonds. The fourth-order valence-electron chi connectivity index (χ4n) is 5.99. The van der Waals surface area contributed by atoms with Crippen LogP contribution in [0.25, 0.3) is 0 Å². The zero-order chi connectivity index (χ0) is 33.4. The number of rotatable bonds is 9. The maximum absolute atomic E-state index is 14.0. The van der Waals surface area contributed by atoms with Gasteiger partial charge in [-0.1, -0.05) is 29.8 Å². The maximum atomic E-state index is 14.0. The number of amides is 2. The lowest BCUT2D eigenvalue weighted by atomic mass is 9.95. The van der Waals surface area contributed by atoms with Gasteiger partial charge in [0.1, 0.15) is 18.0 Å². The lowest BCUT2D eigenvalue weighted by Gasteiger charge is -2.38. The molecule has 3 aliphatic heterocycles. The summed E-state index contributed by atoms with van der Waals surface area (Å²) in [6.07, 6.45) is -1.96. The number of benzene rings is 2. The number of aliphatic hydroxyl groups is 2. The first-order valence-electron chi connectivity index (χ1n) is 14.6. The summed E-state index contributed by atoms with van der Waals surface area (Å²) in [5.41, 5.74) is 1.94. The zero-order valence-electron chi connectivity index (χ0n) is 24.9. The monoisotopic (exact) mass is 684 g/mol. The molecule has 4 N–H and O–H groups in total. The fraction of sp³-hybridized carbons (Fsp3) is 0.323. The third-order valence-electron chi connectivity index (χ3n) is 8.34. The van der Waals surface area contributed by atoms with Crippen LogP contribution in [-0.2, 0) is 14.3 Å². The van der Waals surface area contributed by atoms with Gasteiger partial charge in [-0.05, 0) is 29.8 Å². The van der Waals surface area contributed by atoms with Gasteiger partial charge < -0.3 is 30.3 Å². The van der Waals surface area contributed by atoms with Gasteiger partial charge in [-0.25, -0.2) is 23.8 Å². The molecule has 3 aliphatic rings. The van der Waals surface area contributed by atoms with Gasteiger partial charge in [0.05, 0.1) is 18.7 Å². The topological polar surface area (TPSA) is 168 Å². The van der Waals surface area contributed by atoms with Crippen molar-refractivity contribution in [2.45, 2.75) is 24.3 Å². The van der Waals surface area contributed by atoms with E-state index in [1.165, 1.54) is 48.8 Å². The Hall–Kier alpha value is -4.41. The number of hydrogen-bond donors (Lipinski definition) is 4. The summed E-state index contributed by atoms with van der Waals surface area (Å²) in [6.45, 7) is 2.05. The lowest BCUT2D eigenvalue weighted by Crippen LogP contribution is -2.53. The smallest absolute Gasteiger partial charge is 0.338 e. The summed E-state index contributed by atoms with van der Waals surface area (Å²) < 4.78 is 19.1. The van der Waals surface area contributed by atoms with Crippen molar-refractivity contribution in [3.63, 3.8) is 0 Å². The number of urea groups is 1. The van der Waals surface area contributed by atoms with Crippen molar-refractivity contribution in [3.05, 3.63) is 92.3 Å². The molecule has 4 heterocycles. The molecule has 47 heavy (non-hydrogen) atoms. The number of carboxylic acids is 1. The van der Waals surface area contributed by atoms with Crippen LogP contribution in [0.4, 0.5) is 14.9 Å². The number of carboxylic acid groups (broad SMARTS) is 1. The molecule has 0 bridgehead atoms. The number of nitrogens with zero attached hydrogens (tertiary/aromatic N) is 5. The first-order chi connectivity index (χ1) is 22.5. The fourth-order valence-corrected chi connectivity index (χ4v) is 6.85. The second-order valence-corrected chi connectivity index (χ2v) is 12.5. The van der Waals surface area contributed by atoms with Crippen LogP contribution in [0.2, 0.25) is 5.02 Å². The molecule has 0 spiro atoms. The summed E-state index contributed by atoms with van der Waals surface area (Å²) in [5, 5.41) is 34.6. The number of methoxy groups -OCH3 is 1. The van der Waals surface area contributed by atoms with Gasteiger partial charge in [-0.15, -0.1) is 11.3 Å². The number of fused-ring (bicyclic) bond motifs is 1. The van der Waals surface area contributed by atoms with E-state index in [1.54, 1.807) is 33.5 Å². The zero-order valence-corrected chi connectivity index (χ0v) is 26.5. The highest BCUT2D eigenvalue weighted by Gasteiger charge is 2.42. The Kier molecular flexibility index (Phi) is 9.25. The van der Waals surface area contributed by atoms with Crippen molar-refractivity contribution >= 4 is 52.4 Å². The van der Waals surface area contributed by atoms with Crippen LogP contribution in [0.1, 0.15) is 28.3 Å². The number of carbonyl (C=O) groups is 3. The number of esters is 1. The van der Waals surface area contributed by atoms with Gasteiger partial charge in [0.15, 0.2) is 16.9 Å². The number of nitrogens with one attached hydrogen (secondary N) is 1. The average molecular weight is 685 g/mol. The second-order valence-electron chi connectivity index (χ2n) is 11.2. The van der Waals surface area contributed by atoms with E-state index in [0.717, 1.165) is 0 Å². The molecule has 2 saturated heterocycles. The highest BCUT2D eigenvalue weighted by molar-refractivity contribution is 7.11. The number of hydrogen-bond acceptors (Lipinski definition) is 11. The number of aliphatic imine (C=N–C) groups is 1. The summed E-state index contributed by atoms with van der Waals surface area (Å²) in [5.74, 6) is -2.26. The number of aliphatic hydroxyl groups excluding tert-OH is 2. The highest BCUT2D eigenvalue weighted by Crippen LogP contribution is 2.37. The SMILES string of the molecule is COC(=O)C1=C(CN2CCN3C(=O)N(c4ccc(C(O)C(O)C(=O)O)cc4)C[C@@H]3C2)NC(c2nccs2)=N[C@H]1c1ccc(F)cc1Cl. The van der Waals surface area contributed by atoms with Gasteiger partial charge >= 0.3 is 18.0 Å². The molecule has 1 aromatic heterocycles. The summed E-state index contributed by atoms with van der Waals surface area (Å²) in [7, 11) is 1.27. The van der Waals surface area contributed by atoms with E-state index in [1.807, 2.05) is 0 Å². The van der Waals surface area contributed by atoms with Gasteiger partial charge in [0.2, 0.25) is 0 Å². The molecule has 0 saturated carbocycles. The molecule has 4 atom stereocenters. The molecule has 13 nitrogen and oxygen atoms in total. The second kappa shape index (κ2) is 13.4. The van der Waals surface area contributed by atoms with Gasteiger partial charge in [0, 0.05) is 66.3 Å². The van der Waals surface area contributed by atoms with Gasteiger partial charge in [-0.3, -0.25) is 14.8 Å². The van der Waals surface area contributed by atoms with E-state index < -0.39 is 36.0 Å². The number of halogens is 2. The molecule has 2 aromatic carbocycles. The predicted octanol–water partition coefficient (Wildman–Crippen LogP) is 2.56. The molecule has 6 rings (SSSR count). The minimum absolute atomic E-state index is 0.110. The minimum Gasteiger partial charge on any atom is -0.479 e. The Labute approximate surface area is 277 Å². The standard InChI is InChI=1S/C31H30ClFN6O7S/c1-46-30(44)23-22(35-27(28-34-8-11-47-28)36-24(23)20-7-4-17(33)12-21(20)32)15-37-9-10-38-19(13-37)14-39(31(38)45)18-5-2-16(3-6-18)25(40)26(41)29(42)43/h2-8,11-12,19,24-26,40-41H,9-10,13-15H2,1H3,(H,35,36)(H,42,43)/t19-,24-,25?,26?/m0/s1. The van der Waals surface area contributed by atoms with Crippen molar-refractivity contribution in [1.82, 2.24) is 20.1 Å². The van der Waals surface area contributed by atoms with E-state index in [4.69, 9.17) is 26.4 Å². The normalized spacial score (nSPS) is 21.2. The third-order valence-corrected chi connectivity index (χ3v) is 9.45. The van der Waals surface area contributed by atoms with Crippen LogP contribution < -0.4 is 10.2 Å². The van der Waals surface area contributed by atoms with E-state index in [2.05, 4.69) is 15.2 Å². The molecular formula is C31H30ClFN6O7S. The lowest BCUT2D eigenvalue weighted by molar-refractivity contribution is -0.153. The first kappa shape index (κ1) is 32.5. The van der Waals surface area contributed by atoms with Crippen LogP contribution in [-0.4, -0.2) is 106 Å². The average Bonchev–Trinajstić information content (AvgIpc) is 3.72. The number of aromatic nitrogens is 1. The van der Waals surface area contributed by atoms with Crippen molar-refractivity contribution in [2.24, 2.45) is 4.99 Å². The third kappa shape index (κ3) is 6.44. The Morgan fingerprint density at radius 3 is 2.60 bits per heavy atom. The number of amidine groups is 1. The van der Waals surface area contributed by atoms with Crippen LogP contribution >= 0.6 is 22.9 Å². The van der Waals surface area contributed by atoms with E-state index in [-0.39, 0.29) is 34.8 Å². The summed E-state index contributed by atoms with van der Waals surface area (Å²) in [6, 6.07) is 8.80. The molecule has 0 radical (unpaired) electrons. The molecule has 0 aliphatic carbocycles. The largest absolute Gasteiger partial charge is 0.479 e. The Bertz CT molecular complexity index is 1750. The van der Waals surface area contributed by atoms with Gasteiger partial charge in [0.25, 0.3) is 0 Å². The highest BCUT2D eigenvalue weighted by atomic mass is 35.5. The van der Waals surface area contributed by atoms with E-state index >= 15 is 0 Å². The molecule has 246 valence electrons. The Balaban J connectivity index is 1.24. The summed E-state index contributed by atoms with van der Waals surface area (Å²) in [4.78, 5) is 52.4. The van der Waals surface area contributed by atoms with E-state index in [9.17, 15) is 29.0 Å². The van der Waals surface area contributed by atoms with E-state index in [0.29, 0.717) is 54.0 Å². The number of anilines is 1. The molecule has 3 aromatic rings. The molecular weight excluding hydrogens is 655 g/mol. The number of ether oxygens (including phenoxy) is 1. The number of thiazole rings is 1. The number of aliphatic carboxylic acids is 1. The van der Waals surface area contributed by atoms with Crippen LogP contribution in [0.15, 0.2) is 70.3 Å². The number of piperazine rings is 1. The van der Waals surface area contributed by atoms with Crippen LogP contribution in [0.3, 0.4) is 0 Å². The van der Waals surface area contributed by atoms with Crippen molar-refractivity contribution in [2.75, 3.05) is 44.7 Å². The predicted molar refractivity (Wildman–Crippen MR) is 170 cm³/mol. The Morgan fingerprint density at radius 1 is 1.17 bits per heavy atom. The Morgan fingerprint density at radius 2 is 1.94 bits per heavy atom. The molecule has 2 unspecified atom stereocenters. The summed E-state index contributed by atoms with van der Waals surface area (Å²) >= 11 is 7.82. The van der Waals surface area contributed by atoms with Gasteiger partial charge in [-0.2, -0.15) is 0 Å². The quantitative estimate of drug-likeness (QED) is 0.246. The van der Waals surface area contributed by atoms with Crippen LogP contribution in [0, 0.1) is 5.82 Å². The molecule has 2 fully saturated rings. The maximum Gasteiger partial charge on any atom is 0.338 e. The number of carbonyl (C=O) groups excluding carboxylic acids is 2.